The third-order valence-corrected chi connectivity index (χ3v) is 2.96. The van der Waals surface area contributed by atoms with Crippen LogP contribution in [-0.4, -0.2) is 19.5 Å². The maximum atomic E-state index is 11.0. The first-order chi connectivity index (χ1) is 9.97. The summed E-state index contributed by atoms with van der Waals surface area (Å²) in [6.07, 6.45) is 0. The summed E-state index contributed by atoms with van der Waals surface area (Å²) in [5, 5.41) is 8.97. The Labute approximate surface area is 122 Å². The van der Waals surface area contributed by atoms with E-state index in [2.05, 4.69) is 4.72 Å². The van der Waals surface area contributed by atoms with E-state index in [1.54, 1.807) is 30.3 Å². The number of ether oxygens (including phenoxy) is 1. The highest BCUT2D eigenvalue weighted by atomic mass is 32.2. The predicted molar refractivity (Wildman–Crippen MR) is 78.3 cm³/mol. The van der Waals surface area contributed by atoms with Gasteiger partial charge in [-0.05, 0) is 24.3 Å². The SMILES string of the molecule is Nc1cc(C(=O)O)cc(N[SH](=O)=O)c1Oc1ccccc1. The molecule has 0 unspecified atom stereocenters. The lowest BCUT2D eigenvalue weighted by molar-refractivity contribution is 0.0697. The number of carboxylic acids is 1. The van der Waals surface area contributed by atoms with Gasteiger partial charge in [0.15, 0.2) is 5.75 Å². The molecule has 0 radical (unpaired) electrons. The first-order valence-electron chi connectivity index (χ1n) is 5.78. The van der Waals surface area contributed by atoms with E-state index >= 15 is 0 Å². The van der Waals surface area contributed by atoms with Crippen LogP contribution in [0.15, 0.2) is 42.5 Å². The van der Waals surface area contributed by atoms with Crippen molar-refractivity contribution >= 4 is 28.2 Å². The van der Waals surface area contributed by atoms with Gasteiger partial charge in [-0.25, -0.2) is 13.2 Å². The molecule has 2 aromatic rings. The van der Waals surface area contributed by atoms with Gasteiger partial charge in [-0.15, -0.1) is 0 Å². The first-order valence-corrected chi connectivity index (χ1v) is 6.96. The minimum atomic E-state index is -2.99. The summed E-state index contributed by atoms with van der Waals surface area (Å²) >= 11 is 0. The topological polar surface area (TPSA) is 119 Å². The van der Waals surface area contributed by atoms with E-state index in [1.807, 2.05) is 0 Å². The van der Waals surface area contributed by atoms with Crippen molar-refractivity contribution in [1.29, 1.82) is 0 Å². The number of nitrogens with one attached hydrogen (secondary N) is 1. The number of hydrogen-bond acceptors (Lipinski definition) is 5. The van der Waals surface area contributed by atoms with Gasteiger partial charge >= 0.3 is 5.97 Å². The molecule has 7 nitrogen and oxygen atoms in total. The van der Waals surface area contributed by atoms with Gasteiger partial charge in [0.25, 0.3) is 0 Å². The second kappa shape index (κ2) is 6.14. The second-order valence-electron chi connectivity index (χ2n) is 4.03. The third-order valence-electron chi connectivity index (χ3n) is 2.54. The summed E-state index contributed by atoms with van der Waals surface area (Å²) in [5.41, 5.74) is 5.59. The number of thiol groups is 1. The molecule has 21 heavy (non-hydrogen) atoms. The Morgan fingerprint density at radius 1 is 1.19 bits per heavy atom. The van der Waals surface area contributed by atoms with Crippen LogP contribution in [0, 0.1) is 0 Å². The van der Waals surface area contributed by atoms with Crippen LogP contribution in [-0.2, 0) is 10.9 Å². The van der Waals surface area contributed by atoms with Gasteiger partial charge < -0.3 is 15.6 Å². The van der Waals surface area contributed by atoms with Crippen molar-refractivity contribution in [2.45, 2.75) is 0 Å². The molecule has 0 fully saturated rings. The zero-order valence-corrected chi connectivity index (χ0v) is 11.5. The highest BCUT2D eigenvalue weighted by molar-refractivity contribution is 7.73. The highest BCUT2D eigenvalue weighted by Crippen LogP contribution is 2.36. The lowest BCUT2D eigenvalue weighted by Crippen LogP contribution is -2.05. The number of para-hydroxylation sites is 1. The average Bonchev–Trinajstić information content (AvgIpc) is 2.42. The Balaban J connectivity index is 2.49. The normalized spacial score (nSPS) is 10.3. The molecule has 8 heteroatoms. The third kappa shape index (κ3) is 3.63. The molecule has 0 aromatic heterocycles. The molecule has 0 saturated heterocycles. The molecule has 0 saturated carbocycles. The molecule has 2 rings (SSSR count). The Bertz CT molecular complexity index is 736. The van der Waals surface area contributed by atoms with Gasteiger partial charge in [-0.2, -0.15) is 0 Å². The fraction of sp³-hybridized carbons (Fsp3) is 0. The van der Waals surface area contributed by atoms with Crippen molar-refractivity contribution in [2.75, 3.05) is 10.5 Å². The monoisotopic (exact) mass is 308 g/mol. The number of rotatable bonds is 5. The van der Waals surface area contributed by atoms with Gasteiger partial charge in [0.2, 0.25) is 10.9 Å². The predicted octanol–water partition coefficient (Wildman–Crippen LogP) is 1.70. The Morgan fingerprint density at radius 2 is 1.86 bits per heavy atom. The maximum Gasteiger partial charge on any atom is 0.335 e. The van der Waals surface area contributed by atoms with E-state index in [-0.39, 0.29) is 22.7 Å². The largest absolute Gasteiger partial charge is 0.478 e. The van der Waals surface area contributed by atoms with Gasteiger partial charge in [0, 0.05) is 0 Å². The summed E-state index contributed by atoms with van der Waals surface area (Å²) in [6.45, 7) is 0. The Hall–Kier alpha value is -2.74. The van der Waals surface area contributed by atoms with Gasteiger partial charge in [0.05, 0.1) is 16.9 Å². The highest BCUT2D eigenvalue weighted by Gasteiger charge is 2.15. The van der Waals surface area contributed by atoms with E-state index < -0.39 is 16.9 Å². The number of carboxylic acid groups (broad SMARTS) is 1. The molecule has 0 atom stereocenters. The van der Waals surface area contributed by atoms with E-state index in [0.29, 0.717) is 5.75 Å². The summed E-state index contributed by atoms with van der Waals surface area (Å²) in [6, 6.07) is 10.9. The first kappa shape index (κ1) is 14.7. The summed E-state index contributed by atoms with van der Waals surface area (Å²) < 4.78 is 29.3. The fourth-order valence-corrected chi connectivity index (χ4v) is 2.04. The van der Waals surface area contributed by atoms with Crippen molar-refractivity contribution in [1.82, 2.24) is 0 Å². The Kier molecular flexibility index (Phi) is 4.29. The van der Waals surface area contributed by atoms with Crippen molar-refractivity contribution < 1.29 is 23.1 Å². The second-order valence-corrected chi connectivity index (χ2v) is 4.77. The number of benzene rings is 2. The molecule has 0 spiro atoms. The van der Waals surface area contributed by atoms with Crippen LogP contribution in [0.5, 0.6) is 11.5 Å². The van der Waals surface area contributed by atoms with Gasteiger partial charge in [0.1, 0.15) is 5.75 Å². The lowest BCUT2D eigenvalue weighted by Gasteiger charge is -2.13. The molecule has 0 heterocycles. The molecule has 0 aliphatic heterocycles. The summed E-state index contributed by atoms with van der Waals surface area (Å²) in [4.78, 5) is 11.0. The number of nitrogens with two attached hydrogens (primary N) is 1. The standard InChI is InChI=1S/C13H12N2O5S/c14-10-6-8(13(16)17)7-11(15-21(18)19)12(10)20-9-4-2-1-3-5-9/h1-7,21H,14H2,(H,16,17)(H,15,18,19). The minimum Gasteiger partial charge on any atom is -0.478 e. The average molecular weight is 308 g/mol. The van der Waals surface area contributed by atoms with Gasteiger partial charge in [-0.1, -0.05) is 18.2 Å². The summed E-state index contributed by atoms with van der Waals surface area (Å²) in [5.74, 6) is -0.737. The minimum absolute atomic E-state index is 0.0121. The van der Waals surface area contributed by atoms with E-state index in [9.17, 15) is 13.2 Å². The molecule has 0 aliphatic rings. The maximum absolute atomic E-state index is 11.0. The molecule has 0 bridgehead atoms. The molecule has 0 amide bonds. The fourth-order valence-electron chi connectivity index (χ4n) is 1.68. The van der Waals surface area contributed by atoms with E-state index in [4.69, 9.17) is 15.6 Å². The van der Waals surface area contributed by atoms with Crippen molar-refractivity contribution in [2.24, 2.45) is 0 Å². The smallest absolute Gasteiger partial charge is 0.335 e. The molecule has 2 aromatic carbocycles. The van der Waals surface area contributed by atoms with Crippen LogP contribution in [0.4, 0.5) is 11.4 Å². The molecular formula is C13H12N2O5S. The van der Waals surface area contributed by atoms with Crippen molar-refractivity contribution in [3.05, 3.63) is 48.0 Å². The summed E-state index contributed by atoms with van der Waals surface area (Å²) in [7, 11) is -2.99. The molecular weight excluding hydrogens is 296 g/mol. The lowest BCUT2D eigenvalue weighted by atomic mass is 10.1. The van der Waals surface area contributed by atoms with Crippen molar-refractivity contribution in [3.63, 3.8) is 0 Å². The van der Waals surface area contributed by atoms with Crippen LogP contribution in [0.1, 0.15) is 10.4 Å². The molecule has 0 aliphatic carbocycles. The van der Waals surface area contributed by atoms with E-state index in [0.717, 1.165) is 6.07 Å². The molecule has 4 N–H and O–H groups in total. The van der Waals surface area contributed by atoms with Gasteiger partial charge in [-0.3, -0.25) is 4.72 Å². The Morgan fingerprint density at radius 3 is 2.43 bits per heavy atom. The number of hydrogen-bond donors (Lipinski definition) is 4. The number of aromatic carboxylic acids is 1. The number of nitrogen functional groups attached to an aromatic ring is 1. The van der Waals surface area contributed by atoms with Crippen LogP contribution in [0.3, 0.4) is 0 Å². The zero-order chi connectivity index (χ0) is 15.4. The zero-order valence-electron chi connectivity index (χ0n) is 10.6. The van der Waals surface area contributed by atoms with Crippen molar-refractivity contribution in [3.8, 4) is 11.5 Å². The quantitative estimate of drug-likeness (QED) is 0.493. The van der Waals surface area contributed by atoms with E-state index in [1.165, 1.54) is 6.07 Å². The number of anilines is 2. The van der Waals surface area contributed by atoms with Crippen LogP contribution < -0.4 is 15.2 Å². The van der Waals surface area contributed by atoms with Crippen LogP contribution in [0.2, 0.25) is 0 Å². The molecule has 110 valence electrons. The number of carbonyl (C=O) groups is 1. The van der Waals surface area contributed by atoms with Crippen LogP contribution in [0.25, 0.3) is 0 Å². The van der Waals surface area contributed by atoms with Crippen LogP contribution >= 0.6 is 0 Å².